The van der Waals surface area contributed by atoms with Crippen LogP contribution in [0.15, 0.2) is 71.2 Å². The molecule has 0 aliphatic carbocycles. The summed E-state index contributed by atoms with van der Waals surface area (Å²) < 4.78 is 28.3. The second kappa shape index (κ2) is 10.2. The molecule has 1 amide bonds. The number of nitrogens with zero attached hydrogens (tertiary/aromatic N) is 2. The van der Waals surface area contributed by atoms with Gasteiger partial charge in [-0.25, -0.2) is 0 Å². The first kappa shape index (κ1) is 24.3. The van der Waals surface area contributed by atoms with E-state index >= 15 is 0 Å². The Morgan fingerprint density at radius 2 is 1.76 bits per heavy atom. The lowest BCUT2D eigenvalue weighted by Crippen LogP contribution is -2.36. The molecule has 0 bridgehead atoms. The Morgan fingerprint density at radius 3 is 2.41 bits per heavy atom. The lowest BCUT2D eigenvalue weighted by atomic mass is 9.99. The van der Waals surface area contributed by atoms with Gasteiger partial charge in [-0.15, -0.1) is 0 Å². The van der Waals surface area contributed by atoms with Crippen LogP contribution in [0.3, 0.4) is 0 Å². The van der Waals surface area contributed by atoms with E-state index in [2.05, 4.69) is 39.9 Å². The Kier molecular flexibility index (Phi) is 7.25. The number of carbonyl (C=O) groups is 1. The van der Waals surface area contributed by atoms with Crippen LogP contribution in [0.4, 0.5) is 5.69 Å². The molecule has 0 radical (unpaired) electrons. The van der Waals surface area contributed by atoms with Crippen LogP contribution in [0.5, 0.6) is 5.75 Å². The van der Waals surface area contributed by atoms with Crippen molar-refractivity contribution in [2.45, 2.75) is 26.4 Å². The number of rotatable bonds is 7. The minimum absolute atomic E-state index is 0.0640. The molecule has 0 saturated heterocycles. The highest BCUT2D eigenvalue weighted by molar-refractivity contribution is 9.10. The lowest BCUT2D eigenvalue weighted by molar-refractivity contribution is 0.0734. The monoisotopic (exact) mass is 543 g/mol. The van der Waals surface area contributed by atoms with E-state index in [1.165, 1.54) is 5.56 Å². The molecule has 1 aliphatic rings. The Labute approximate surface area is 208 Å². The summed E-state index contributed by atoms with van der Waals surface area (Å²) >= 11 is 3.47. The average molecular weight is 544 g/mol. The van der Waals surface area contributed by atoms with Crippen LogP contribution >= 0.6 is 15.9 Å². The molecule has 178 valence electrons. The van der Waals surface area contributed by atoms with E-state index in [1.807, 2.05) is 42.5 Å². The number of amides is 1. The SMILES string of the molecule is CCN(Cc1ccc(Br)cc1)c1ccc(C(=O)N2CCc3ccc(OS(N)(=O)=O)cc3C2)cc1. The smallest absolute Gasteiger partial charge is 0.371 e. The highest BCUT2D eigenvalue weighted by Crippen LogP contribution is 2.26. The third-order valence-electron chi connectivity index (χ3n) is 5.84. The summed E-state index contributed by atoms with van der Waals surface area (Å²) in [6.45, 7) is 4.70. The second-order valence-electron chi connectivity index (χ2n) is 8.17. The molecule has 0 spiro atoms. The van der Waals surface area contributed by atoms with Crippen LogP contribution in [0.25, 0.3) is 0 Å². The molecule has 1 aliphatic heterocycles. The number of hydrogen-bond donors (Lipinski definition) is 1. The third kappa shape index (κ3) is 5.97. The van der Waals surface area contributed by atoms with Crippen molar-refractivity contribution >= 4 is 37.8 Å². The molecule has 2 N–H and O–H groups in total. The molecule has 3 aromatic carbocycles. The van der Waals surface area contributed by atoms with Gasteiger partial charge in [-0.05, 0) is 78.6 Å². The Hall–Kier alpha value is -2.88. The summed E-state index contributed by atoms with van der Waals surface area (Å²) in [7, 11) is -4.10. The number of hydrogen-bond acceptors (Lipinski definition) is 5. The standard InChI is InChI=1S/C25H26BrN3O4S/c1-2-28(16-18-3-8-22(26)9-4-18)23-10-5-20(6-11-23)25(30)29-14-13-19-7-12-24(15-21(19)17-29)33-34(27,31)32/h3-12,15H,2,13-14,16-17H2,1H3,(H2,27,31,32). The van der Waals surface area contributed by atoms with Crippen LogP contribution in [-0.2, 0) is 29.8 Å². The molecular formula is C25H26BrN3O4S. The van der Waals surface area contributed by atoms with Crippen LogP contribution in [0, 0.1) is 0 Å². The normalized spacial score (nSPS) is 13.3. The molecule has 0 aromatic heterocycles. The molecule has 34 heavy (non-hydrogen) atoms. The van der Waals surface area contributed by atoms with Crippen LogP contribution in [0.2, 0.25) is 0 Å². The number of nitrogens with two attached hydrogens (primary N) is 1. The molecule has 3 aromatic rings. The van der Waals surface area contributed by atoms with Crippen molar-refractivity contribution in [1.29, 1.82) is 0 Å². The zero-order valence-electron chi connectivity index (χ0n) is 18.8. The molecule has 9 heteroatoms. The van der Waals surface area contributed by atoms with E-state index in [0.29, 0.717) is 25.1 Å². The van der Waals surface area contributed by atoms with Gasteiger partial charge >= 0.3 is 10.3 Å². The molecule has 4 rings (SSSR count). The maximum Gasteiger partial charge on any atom is 0.380 e. The Balaban J connectivity index is 1.45. The number of anilines is 1. The van der Waals surface area contributed by atoms with Gasteiger partial charge in [0, 0.05) is 41.9 Å². The first-order valence-corrected chi connectivity index (χ1v) is 13.2. The van der Waals surface area contributed by atoms with Gasteiger partial charge in [0.05, 0.1) is 0 Å². The van der Waals surface area contributed by atoms with Crippen molar-refractivity contribution in [3.05, 3.63) is 93.5 Å². The van der Waals surface area contributed by atoms with Gasteiger partial charge in [0.1, 0.15) is 5.75 Å². The van der Waals surface area contributed by atoms with Crippen molar-refractivity contribution in [2.75, 3.05) is 18.0 Å². The predicted molar refractivity (Wildman–Crippen MR) is 136 cm³/mol. The van der Waals surface area contributed by atoms with Crippen molar-refractivity contribution in [1.82, 2.24) is 4.90 Å². The minimum atomic E-state index is -4.10. The van der Waals surface area contributed by atoms with Gasteiger partial charge in [0.15, 0.2) is 0 Å². The molecule has 0 fully saturated rings. The van der Waals surface area contributed by atoms with E-state index in [-0.39, 0.29) is 11.7 Å². The summed E-state index contributed by atoms with van der Waals surface area (Å²) in [5.74, 6) is 0.0799. The summed E-state index contributed by atoms with van der Waals surface area (Å²) in [5.41, 5.74) is 4.79. The zero-order chi connectivity index (χ0) is 24.3. The summed E-state index contributed by atoms with van der Waals surface area (Å²) in [6.07, 6.45) is 0.686. The van der Waals surface area contributed by atoms with Crippen molar-refractivity contribution < 1.29 is 17.4 Å². The summed E-state index contributed by atoms with van der Waals surface area (Å²) in [5, 5.41) is 4.97. The van der Waals surface area contributed by atoms with E-state index in [1.54, 1.807) is 17.0 Å². The molecule has 0 unspecified atom stereocenters. The fraction of sp³-hybridized carbons (Fsp3) is 0.240. The average Bonchev–Trinajstić information content (AvgIpc) is 2.82. The molecule has 0 saturated carbocycles. The van der Waals surface area contributed by atoms with Crippen molar-refractivity contribution in [2.24, 2.45) is 5.14 Å². The minimum Gasteiger partial charge on any atom is -0.371 e. The molecule has 7 nitrogen and oxygen atoms in total. The predicted octanol–water partition coefficient (Wildman–Crippen LogP) is 4.26. The molecule has 0 atom stereocenters. The van der Waals surface area contributed by atoms with Crippen molar-refractivity contribution in [3.8, 4) is 5.75 Å². The Morgan fingerprint density at radius 1 is 1.06 bits per heavy atom. The maximum atomic E-state index is 13.2. The van der Waals surface area contributed by atoms with Gasteiger partial charge in [-0.3, -0.25) is 4.79 Å². The maximum absolute atomic E-state index is 13.2. The first-order valence-electron chi connectivity index (χ1n) is 10.9. The number of halogens is 1. The first-order chi connectivity index (χ1) is 16.2. The fourth-order valence-electron chi connectivity index (χ4n) is 4.09. The van der Waals surface area contributed by atoms with Crippen LogP contribution in [0.1, 0.15) is 34.0 Å². The second-order valence-corrected chi connectivity index (χ2v) is 10.2. The number of fused-ring (bicyclic) bond motifs is 1. The van der Waals surface area contributed by atoms with Gasteiger partial charge in [0.25, 0.3) is 5.91 Å². The highest BCUT2D eigenvalue weighted by Gasteiger charge is 2.23. The van der Waals surface area contributed by atoms with Gasteiger partial charge < -0.3 is 14.0 Å². The van der Waals surface area contributed by atoms with Crippen LogP contribution < -0.4 is 14.2 Å². The van der Waals surface area contributed by atoms with E-state index in [0.717, 1.165) is 34.4 Å². The topological polar surface area (TPSA) is 92.9 Å². The molecular weight excluding hydrogens is 518 g/mol. The zero-order valence-corrected chi connectivity index (χ0v) is 21.2. The van der Waals surface area contributed by atoms with E-state index in [4.69, 9.17) is 9.32 Å². The lowest BCUT2D eigenvalue weighted by Gasteiger charge is -2.29. The molecule has 1 heterocycles. The summed E-state index contributed by atoms with van der Waals surface area (Å²) in [6, 6.07) is 21.0. The summed E-state index contributed by atoms with van der Waals surface area (Å²) in [4.78, 5) is 17.2. The van der Waals surface area contributed by atoms with Gasteiger partial charge in [-0.1, -0.05) is 34.1 Å². The van der Waals surface area contributed by atoms with Crippen molar-refractivity contribution in [3.63, 3.8) is 0 Å². The third-order valence-corrected chi connectivity index (χ3v) is 6.79. The number of carbonyl (C=O) groups excluding carboxylic acids is 1. The largest absolute Gasteiger partial charge is 0.380 e. The number of benzene rings is 3. The van der Waals surface area contributed by atoms with Gasteiger partial charge in [-0.2, -0.15) is 13.6 Å². The van der Waals surface area contributed by atoms with E-state index in [9.17, 15) is 13.2 Å². The van der Waals surface area contributed by atoms with E-state index < -0.39 is 10.3 Å². The van der Waals surface area contributed by atoms with Gasteiger partial charge in [0.2, 0.25) is 0 Å². The van der Waals surface area contributed by atoms with Crippen LogP contribution in [-0.4, -0.2) is 32.3 Å². The highest BCUT2D eigenvalue weighted by atomic mass is 79.9. The quantitative estimate of drug-likeness (QED) is 0.480. The Bertz CT molecular complexity index is 1280. The fourth-order valence-corrected chi connectivity index (χ4v) is 4.72.